The van der Waals surface area contributed by atoms with Crippen LogP contribution in [0.15, 0.2) is 0 Å². The van der Waals surface area contributed by atoms with Crippen molar-refractivity contribution in [1.82, 2.24) is 14.9 Å². The van der Waals surface area contributed by atoms with Gasteiger partial charge in [0.25, 0.3) is 0 Å². The lowest BCUT2D eigenvalue weighted by Crippen LogP contribution is -2.60. The largest absolute Gasteiger partial charge is 0.481 e. The Bertz CT molecular complexity index is 952. The van der Waals surface area contributed by atoms with Crippen molar-refractivity contribution in [3.63, 3.8) is 0 Å². The monoisotopic (exact) mass is 487 g/mol. The van der Waals surface area contributed by atoms with Gasteiger partial charge in [-0.3, -0.25) is 4.79 Å². The molecule has 0 aromatic carbocycles. The van der Waals surface area contributed by atoms with Crippen LogP contribution in [0.4, 0.5) is 16.6 Å². The number of hydrogen-bond acceptors (Lipinski definition) is 7. The van der Waals surface area contributed by atoms with Crippen molar-refractivity contribution in [2.24, 2.45) is 11.3 Å². The molecule has 2 aliphatic heterocycles. The molecule has 2 saturated heterocycles. The van der Waals surface area contributed by atoms with E-state index in [1.54, 1.807) is 4.90 Å². The van der Waals surface area contributed by atoms with E-state index in [0.29, 0.717) is 19.0 Å². The van der Waals surface area contributed by atoms with Gasteiger partial charge in [0.1, 0.15) is 11.4 Å². The summed E-state index contributed by atoms with van der Waals surface area (Å²) in [6.45, 7) is 12.9. The number of aliphatic carboxylic acids is 1. The fraction of sp³-hybridized carbons (Fsp3) is 0.769. The highest BCUT2D eigenvalue weighted by Crippen LogP contribution is 2.41. The van der Waals surface area contributed by atoms with Gasteiger partial charge >= 0.3 is 12.1 Å². The minimum atomic E-state index is -0.799. The van der Waals surface area contributed by atoms with Crippen molar-refractivity contribution in [2.45, 2.75) is 91.2 Å². The van der Waals surface area contributed by atoms with Crippen molar-refractivity contribution in [2.75, 3.05) is 36.4 Å². The standard InChI is InChI=1S/C26H41N5O4/c1-17(2)12-18(13-21(32)33)27-22-19-8-6-7-9-20(19)28-23(29-22)30-11-10-26(14-30)15-31(16-26)24(34)35-25(3,4)5/h17-18H,6-16H2,1-5H3,(H,32,33)(H,27,28,29)/t18-/m0/s1. The quantitative estimate of drug-likeness (QED) is 0.592. The van der Waals surface area contributed by atoms with Crippen LogP contribution in [0.5, 0.6) is 0 Å². The van der Waals surface area contributed by atoms with Gasteiger partial charge in [-0.05, 0) is 65.2 Å². The molecule has 2 fully saturated rings. The number of nitrogens with one attached hydrogen (secondary N) is 1. The van der Waals surface area contributed by atoms with Gasteiger partial charge in [0.15, 0.2) is 0 Å². The second-order valence-electron chi connectivity index (χ2n) is 12.1. The smallest absolute Gasteiger partial charge is 0.410 e. The molecule has 9 nitrogen and oxygen atoms in total. The summed E-state index contributed by atoms with van der Waals surface area (Å²) in [4.78, 5) is 37.8. The van der Waals surface area contributed by atoms with Gasteiger partial charge in [-0.25, -0.2) is 9.78 Å². The summed E-state index contributed by atoms with van der Waals surface area (Å²) in [6, 6.07) is -0.166. The van der Waals surface area contributed by atoms with Gasteiger partial charge in [-0.15, -0.1) is 0 Å². The second-order valence-corrected chi connectivity index (χ2v) is 12.1. The zero-order valence-electron chi connectivity index (χ0n) is 21.9. The molecular weight excluding hydrogens is 446 g/mol. The first kappa shape index (κ1) is 25.5. The predicted octanol–water partition coefficient (Wildman–Crippen LogP) is 4.10. The molecule has 0 unspecified atom stereocenters. The summed E-state index contributed by atoms with van der Waals surface area (Å²) < 4.78 is 5.52. The molecule has 1 aromatic heterocycles. The third-order valence-corrected chi connectivity index (χ3v) is 7.11. The number of carbonyl (C=O) groups excluding carboxylic acids is 1. The number of rotatable bonds is 7. The Morgan fingerprint density at radius 3 is 2.51 bits per heavy atom. The van der Waals surface area contributed by atoms with Crippen LogP contribution in [0, 0.1) is 11.3 Å². The minimum absolute atomic E-state index is 0.0627. The van der Waals surface area contributed by atoms with Gasteiger partial charge in [-0.2, -0.15) is 4.98 Å². The van der Waals surface area contributed by atoms with Crippen LogP contribution in [0.2, 0.25) is 0 Å². The molecule has 0 saturated carbocycles. The van der Waals surface area contributed by atoms with Crippen LogP contribution in [-0.4, -0.2) is 69.9 Å². The normalized spacial score (nSPS) is 19.9. The van der Waals surface area contributed by atoms with Gasteiger partial charge < -0.3 is 25.0 Å². The Hall–Kier alpha value is -2.58. The van der Waals surface area contributed by atoms with Crippen molar-refractivity contribution in [3.05, 3.63) is 11.3 Å². The van der Waals surface area contributed by atoms with E-state index in [4.69, 9.17) is 14.7 Å². The first-order valence-corrected chi connectivity index (χ1v) is 13.0. The van der Waals surface area contributed by atoms with Crippen LogP contribution in [-0.2, 0) is 22.4 Å². The molecule has 0 bridgehead atoms. The SMILES string of the molecule is CC(C)C[C@@H](CC(=O)O)Nc1nc(N2CCC3(CN(C(=O)OC(C)(C)C)C3)C2)nc2c1CCCC2. The van der Waals surface area contributed by atoms with Gasteiger partial charge in [-0.1, -0.05) is 13.8 Å². The molecule has 1 aromatic rings. The number of ether oxygens (including phenoxy) is 1. The Morgan fingerprint density at radius 2 is 1.86 bits per heavy atom. The molecule has 3 heterocycles. The molecule has 4 rings (SSSR count). The number of nitrogens with zero attached hydrogens (tertiary/aromatic N) is 4. The number of hydrogen-bond donors (Lipinski definition) is 2. The van der Waals surface area contributed by atoms with Gasteiger partial charge in [0.2, 0.25) is 5.95 Å². The average molecular weight is 488 g/mol. The van der Waals surface area contributed by atoms with Crippen LogP contribution in [0.3, 0.4) is 0 Å². The molecule has 1 amide bonds. The lowest BCUT2D eigenvalue weighted by atomic mass is 9.79. The number of aryl methyl sites for hydroxylation is 1. The maximum absolute atomic E-state index is 12.4. The highest BCUT2D eigenvalue weighted by Gasteiger charge is 2.51. The second kappa shape index (κ2) is 9.82. The number of carbonyl (C=O) groups is 2. The highest BCUT2D eigenvalue weighted by molar-refractivity contribution is 5.70. The summed E-state index contributed by atoms with van der Waals surface area (Å²) in [5, 5.41) is 12.9. The number of likely N-dealkylation sites (tertiary alicyclic amines) is 1. The topological polar surface area (TPSA) is 108 Å². The van der Waals surface area contributed by atoms with Crippen molar-refractivity contribution >= 4 is 23.8 Å². The summed E-state index contributed by atoms with van der Waals surface area (Å²) in [5.41, 5.74) is 1.81. The predicted molar refractivity (Wildman–Crippen MR) is 135 cm³/mol. The molecule has 35 heavy (non-hydrogen) atoms. The number of carboxylic acids is 1. The average Bonchev–Trinajstić information content (AvgIpc) is 3.16. The fourth-order valence-corrected chi connectivity index (χ4v) is 5.59. The molecule has 0 radical (unpaired) electrons. The van der Waals surface area contributed by atoms with Crippen LogP contribution in [0.1, 0.15) is 78.0 Å². The summed E-state index contributed by atoms with van der Waals surface area (Å²) in [7, 11) is 0. The lowest BCUT2D eigenvalue weighted by molar-refractivity contribution is -0.137. The lowest BCUT2D eigenvalue weighted by Gasteiger charge is -2.47. The zero-order valence-corrected chi connectivity index (χ0v) is 21.9. The first-order chi connectivity index (χ1) is 16.4. The number of amides is 1. The van der Waals surface area contributed by atoms with Crippen molar-refractivity contribution < 1.29 is 19.4 Å². The molecule has 194 valence electrons. The third-order valence-electron chi connectivity index (χ3n) is 7.11. The van der Waals surface area contributed by atoms with E-state index < -0.39 is 11.6 Å². The van der Waals surface area contributed by atoms with Gasteiger partial charge in [0.05, 0.1) is 12.1 Å². The summed E-state index contributed by atoms with van der Waals surface area (Å²) in [6.07, 6.45) is 5.66. The van der Waals surface area contributed by atoms with E-state index in [-0.39, 0.29) is 24.0 Å². The van der Waals surface area contributed by atoms with E-state index >= 15 is 0 Å². The van der Waals surface area contributed by atoms with E-state index in [2.05, 4.69) is 24.1 Å². The molecule has 1 spiro atoms. The van der Waals surface area contributed by atoms with Gasteiger partial charge in [0, 0.05) is 43.2 Å². The fourth-order valence-electron chi connectivity index (χ4n) is 5.59. The number of anilines is 2. The van der Waals surface area contributed by atoms with E-state index in [1.165, 1.54) is 0 Å². The molecule has 1 aliphatic carbocycles. The van der Waals surface area contributed by atoms with E-state index in [9.17, 15) is 14.7 Å². The first-order valence-electron chi connectivity index (χ1n) is 13.0. The highest BCUT2D eigenvalue weighted by atomic mass is 16.6. The Morgan fingerprint density at radius 1 is 1.14 bits per heavy atom. The maximum Gasteiger partial charge on any atom is 0.410 e. The maximum atomic E-state index is 12.4. The number of aromatic nitrogens is 2. The Labute approximate surface area is 208 Å². The van der Waals surface area contributed by atoms with Crippen molar-refractivity contribution in [3.8, 4) is 0 Å². The molecule has 3 aliphatic rings. The zero-order chi connectivity index (χ0) is 25.4. The van der Waals surface area contributed by atoms with E-state index in [0.717, 1.165) is 74.6 Å². The van der Waals surface area contributed by atoms with Crippen LogP contribution >= 0.6 is 0 Å². The number of carboxylic acid groups (broad SMARTS) is 1. The van der Waals surface area contributed by atoms with Crippen LogP contribution < -0.4 is 10.2 Å². The molecule has 2 N–H and O–H groups in total. The summed E-state index contributed by atoms with van der Waals surface area (Å²) >= 11 is 0. The summed E-state index contributed by atoms with van der Waals surface area (Å²) in [5.74, 6) is 1.11. The molecular formula is C26H41N5O4. The number of fused-ring (bicyclic) bond motifs is 1. The Kier molecular flexibility index (Phi) is 7.16. The molecule has 1 atom stereocenters. The Balaban J connectivity index is 1.49. The molecule has 9 heteroatoms. The minimum Gasteiger partial charge on any atom is -0.481 e. The third kappa shape index (κ3) is 6.16. The van der Waals surface area contributed by atoms with Crippen LogP contribution in [0.25, 0.3) is 0 Å². The van der Waals surface area contributed by atoms with E-state index in [1.807, 2.05) is 20.8 Å². The van der Waals surface area contributed by atoms with Crippen molar-refractivity contribution in [1.29, 1.82) is 0 Å².